The van der Waals surface area contributed by atoms with E-state index >= 15 is 0 Å². The van der Waals surface area contributed by atoms with Crippen molar-refractivity contribution in [1.29, 1.82) is 0 Å². The summed E-state index contributed by atoms with van der Waals surface area (Å²) >= 11 is 0. The van der Waals surface area contributed by atoms with Crippen molar-refractivity contribution < 1.29 is 14.3 Å². The van der Waals surface area contributed by atoms with E-state index in [4.69, 9.17) is 4.74 Å². The number of hydrogen-bond acceptors (Lipinski definition) is 3. The average molecular weight is 241 g/mol. The zero-order chi connectivity index (χ0) is 12.9. The van der Waals surface area contributed by atoms with Crippen LogP contribution in [0.25, 0.3) is 0 Å². The Bertz CT molecular complexity index is 282. The number of esters is 1. The van der Waals surface area contributed by atoms with Gasteiger partial charge < -0.3 is 9.64 Å². The Labute approximate surface area is 103 Å². The van der Waals surface area contributed by atoms with Crippen LogP contribution in [0.3, 0.4) is 0 Å². The van der Waals surface area contributed by atoms with Crippen LogP contribution >= 0.6 is 0 Å². The monoisotopic (exact) mass is 241 g/mol. The summed E-state index contributed by atoms with van der Waals surface area (Å²) in [5.41, 5.74) is -0.205. The van der Waals surface area contributed by atoms with Crippen LogP contribution in [0.5, 0.6) is 0 Å². The van der Waals surface area contributed by atoms with Gasteiger partial charge in [-0.3, -0.25) is 9.59 Å². The van der Waals surface area contributed by atoms with Gasteiger partial charge in [-0.05, 0) is 19.8 Å². The molecule has 1 aliphatic rings. The molecule has 0 aromatic heterocycles. The zero-order valence-corrected chi connectivity index (χ0v) is 11.1. The number of hydrogen-bond donors (Lipinski definition) is 0. The Kier molecular flexibility index (Phi) is 4.97. The fraction of sp³-hybridized carbons (Fsp3) is 0.846. The van der Waals surface area contributed by atoms with E-state index in [0.29, 0.717) is 13.2 Å². The number of amides is 1. The first-order chi connectivity index (χ1) is 7.99. The fourth-order valence-electron chi connectivity index (χ4n) is 2.42. The Balaban J connectivity index is 2.39. The Morgan fingerprint density at radius 3 is 2.41 bits per heavy atom. The van der Waals surface area contributed by atoms with Crippen molar-refractivity contribution >= 4 is 11.9 Å². The number of carbonyl (C=O) groups excluding carboxylic acids is 2. The summed E-state index contributed by atoms with van der Waals surface area (Å²) in [6, 6.07) is 0. The molecule has 1 saturated carbocycles. The van der Waals surface area contributed by atoms with Crippen molar-refractivity contribution in [3.63, 3.8) is 0 Å². The maximum absolute atomic E-state index is 12.2. The minimum Gasteiger partial charge on any atom is -0.466 e. The fourth-order valence-corrected chi connectivity index (χ4v) is 2.42. The lowest BCUT2D eigenvalue weighted by Gasteiger charge is -2.28. The highest BCUT2D eigenvalue weighted by molar-refractivity contribution is 5.82. The van der Waals surface area contributed by atoms with Gasteiger partial charge in [-0.1, -0.05) is 19.8 Å². The van der Waals surface area contributed by atoms with E-state index in [1.807, 2.05) is 6.92 Å². The third kappa shape index (κ3) is 3.72. The molecule has 4 heteroatoms. The quantitative estimate of drug-likeness (QED) is 0.691. The molecular formula is C13H23NO3. The molecule has 0 heterocycles. The molecule has 0 unspecified atom stereocenters. The van der Waals surface area contributed by atoms with Crippen LogP contribution in [0.4, 0.5) is 0 Å². The second kappa shape index (κ2) is 6.03. The first-order valence-corrected chi connectivity index (χ1v) is 6.41. The van der Waals surface area contributed by atoms with Crippen LogP contribution in [-0.4, -0.2) is 37.0 Å². The molecule has 0 bridgehead atoms. The molecule has 1 fully saturated rings. The summed E-state index contributed by atoms with van der Waals surface area (Å²) in [6.07, 6.45) is 4.49. The van der Waals surface area contributed by atoms with Crippen LogP contribution in [0, 0.1) is 5.41 Å². The van der Waals surface area contributed by atoms with Crippen molar-refractivity contribution in [2.45, 2.75) is 46.0 Å². The molecule has 1 aliphatic carbocycles. The predicted molar refractivity (Wildman–Crippen MR) is 65.5 cm³/mol. The number of nitrogens with zero attached hydrogens (tertiary/aromatic N) is 1. The zero-order valence-electron chi connectivity index (χ0n) is 11.1. The van der Waals surface area contributed by atoms with Gasteiger partial charge in [0.15, 0.2) is 0 Å². The second-order valence-corrected chi connectivity index (χ2v) is 5.05. The lowest BCUT2D eigenvalue weighted by Crippen LogP contribution is -2.39. The molecule has 1 amide bonds. The van der Waals surface area contributed by atoms with Gasteiger partial charge in [0.1, 0.15) is 0 Å². The first kappa shape index (κ1) is 14.0. The van der Waals surface area contributed by atoms with Crippen LogP contribution in [0.2, 0.25) is 0 Å². The van der Waals surface area contributed by atoms with E-state index in [2.05, 4.69) is 0 Å². The van der Waals surface area contributed by atoms with E-state index in [9.17, 15) is 9.59 Å². The highest BCUT2D eigenvalue weighted by atomic mass is 16.5. The standard InChI is InChI=1S/C13H23NO3/c1-4-17-11(15)7-10-14(3)12(16)13(2)8-5-6-9-13/h4-10H2,1-3H3. The van der Waals surface area contributed by atoms with E-state index in [-0.39, 0.29) is 23.7 Å². The molecule has 98 valence electrons. The molecule has 1 rings (SSSR count). The summed E-state index contributed by atoms with van der Waals surface area (Å²) in [5, 5.41) is 0. The topological polar surface area (TPSA) is 46.6 Å². The van der Waals surface area contributed by atoms with Gasteiger partial charge in [-0.25, -0.2) is 0 Å². The van der Waals surface area contributed by atoms with Crippen LogP contribution in [-0.2, 0) is 14.3 Å². The van der Waals surface area contributed by atoms with Crippen LogP contribution in [0.1, 0.15) is 46.0 Å². The van der Waals surface area contributed by atoms with Gasteiger partial charge >= 0.3 is 5.97 Å². The van der Waals surface area contributed by atoms with Gasteiger partial charge in [0.05, 0.1) is 13.0 Å². The maximum Gasteiger partial charge on any atom is 0.307 e. The molecule has 0 aliphatic heterocycles. The molecule has 0 aromatic rings. The third-order valence-electron chi connectivity index (χ3n) is 3.53. The summed E-state index contributed by atoms with van der Waals surface area (Å²) < 4.78 is 4.85. The maximum atomic E-state index is 12.2. The third-order valence-corrected chi connectivity index (χ3v) is 3.53. The Morgan fingerprint density at radius 2 is 1.88 bits per heavy atom. The van der Waals surface area contributed by atoms with Crippen LogP contribution in [0.15, 0.2) is 0 Å². The van der Waals surface area contributed by atoms with E-state index in [0.717, 1.165) is 25.7 Å². The molecule has 0 saturated heterocycles. The normalized spacial score (nSPS) is 17.8. The summed E-state index contributed by atoms with van der Waals surface area (Å²) in [6.45, 7) is 4.66. The SMILES string of the molecule is CCOC(=O)CCN(C)C(=O)C1(C)CCCC1. The smallest absolute Gasteiger partial charge is 0.307 e. The Hall–Kier alpha value is -1.06. The molecule has 17 heavy (non-hydrogen) atoms. The molecule has 0 N–H and O–H groups in total. The number of rotatable bonds is 5. The van der Waals surface area contributed by atoms with Crippen LogP contribution < -0.4 is 0 Å². The summed E-state index contributed by atoms with van der Waals surface area (Å²) in [7, 11) is 1.77. The van der Waals surface area contributed by atoms with Crippen molar-refractivity contribution in [2.75, 3.05) is 20.2 Å². The second-order valence-electron chi connectivity index (χ2n) is 5.05. The average Bonchev–Trinajstić information content (AvgIpc) is 2.73. The molecule has 4 nitrogen and oxygen atoms in total. The molecule has 0 radical (unpaired) electrons. The van der Waals surface area contributed by atoms with Gasteiger partial charge in [0.2, 0.25) is 5.91 Å². The van der Waals surface area contributed by atoms with Gasteiger partial charge in [0, 0.05) is 19.0 Å². The molecule has 0 aromatic carbocycles. The highest BCUT2D eigenvalue weighted by Gasteiger charge is 2.37. The van der Waals surface area contributed by atoms with Gasteiger partial charge in [-0.2, -0.15) is 0 Å². The van der Waals surface area contributed by atoms with Gasteiger partial charge in [-0.15, -0.1) is 0 Å². The first-order valence-electron chi connectivity index (χ1n) is 6.41. The van der Waals surface area contributed by atoms with E-state index in [1.165, 1.54) is 0 Å². The number of carbonyl (C=O) groups is 2. The van der Waals surface area contributed by atoms with Gasteiger partial charge in [0.25, 0.3) is 0 Å². The number of ether oxygens (including phenoxy) is 1. The van der Waals surface area contributed by atoms with Crippen molar-refractivity contribution in [2.24, 2.45) is 5.41 Å². The Morgan fingerprint density at radius 1 is 1.29 bits per heavy atom. The van der Waals surface area contributed by atoms with E-state index < -0.39 is 0 Å². The summed E-state index contributed by atoms with van der Waals surface area (Å²) in [5.74, 6) is -0.0666. The van der Waals surface area contributed by atoms with Crippen molar-refractivity contribution in [3.05, 3.63) is 0 Å². The minimum atomic E-state index is -0.233. The summed E-state index contributed by atoms with van der Waals surface area (Å²) in [4.78, 5) is 25.1. The molecule has 0 spiro atoms. The van der Waals surface area contributed by atoms with Crippen molar-refractivity contribution in [1.82, 2.24) is 4.90 Å². The predicted octanol–water partition coefficient (Wildman–Crippen LogP) is 1.98. The highest BCUT2D eigenvalue weighted by Crippen LogP contribution is 2.38. The molecular weight excluding hydrogens is 218 g/mol. The van der Waals surface area contributed by atoms with Crippen molar-refractivity contribution in [3.8, 4) is 0 Å². The lowest BCUT2D eigenvalue weighted by molar-refractivity contribution is -0.145. The largest absolute Gasteiger partial charge is 0.466 e. The molecule has 0 atom stereocenters. The van der Waals surface area contributed by atoms with E-state index in [1.54, 1.807) is 18.9 Å². The lowest BCUT2D eigenvalue weighted by atomic mass is 9.87. The minimum absolute atomic E-state index is 0.166.